The first-order valence-corrected chi connectivity index (χ1v) is 28.4. The maximum atomic E-state index is 14.9. The van der Waals surface area contributed by atoms with Crippen molar-refractivity contribution in [2.24, 2.45) is 35.5 Å². The minimum atomic E-state index is -1.24. The molecule has 4 N–H and O–H groups in total. The lowest BCUT2D eigenvalue weighted by molar-refractivity contribution is -0.147. The fourth-order valence-electron chi connectivity index (χ4n) is 9.82. The number of amides is 12. The number of urea groups is 1. The van der Waals surface area contributed by atoms with Crippen molar-refractivity contribution in [2.45, 2.75) is 197 Å². The second-order valence-electron chi connectivity index (χ2n) is 23.5. The molecule has 0 aromatic rings. The molecule has 0 saturated carbocycles. The summed E-state index contributed by atoms with van der Waals surface area (Å²) < 4.78 is 0. The van der Waals surface area contributed by atoms with Gasteiger partial charge in [-0.15, -0.1) is 0 Å². The molecule has 0 radical (unpaired) electrons. The molecule has 0 aromatic heterocycles. The van der Waals surface area contributed by atoms with Crippen LogP contribution in [0, 0.1) is 35.5 Å². The van der Waals surface area contributed by atoms with E-state index in [9.17, 15) is 52.7 Å². The van der Waals surface area contributed by atoms with Crippen LogP contribution in [0.15, 0.2) is 24.4 Å². The number of imide groups is 1. The van der Waals surface area contributed by atoms with E-state index >= 15 is 0 Å². The van der Waals surface area contributed by atoms with E-state index < -0.39 is 137 Å². The van der Waals surface area contributed by atoms with E-state index in [2.05, 4.69) is 27.8 Å². The van der Waals surface area contributed by atoms with Gasteiger partial charge < -0.3 is 50.7 Å². The van der Waals surface area contributed by atoms with Crippen LogP contribution in [0.2, 0.25) is 0 Å². The molecule has 11 atom stereocenters. The minimum absolute atomic E-state index is 0.0543. The van der Waals surface area contributed by atoms with Gasteiger partial charge in [0, 0.05) is 49.3 Å². The maximum Gasteiger partial charge on any atom is 0.326 e. The maximum absolute atomic E-state index is 14.9. The Morgan fingerprint density at radius 2 is 0.988 bits per heavy atom. The third kappa shape index (κ3) is 18.9. The standard InChI is InChI=1S/C58H101N11O11/c1-24-27-28-36(12)31-43-50(72)61-41(26-3)54(76)63(17)40(16)53(75)67(21)47(37(13)25-2)51(73)62-45(34(8)9)56(78)64(18)42(29-32(4)5)49(71)59-38(14)48(70)60-39(15)52(74)66(20)44(30-33(6)7)55(77)69(23)58(80)68(22)46(35(10)11)57(79)65(43)19/h24,27,32-39,41-47H,16,25-26,28-31H2,1-15,17-23H3,(H,59,71)(H,60,70)(H,61,72)(H,62,73)/b27-24+/t36-,37?,38-,39-,41+,42-,43?,44+,45-,46+,47+/m1/s1. The SMILES string of the molecule is C=C1C(=O)N(C)[C@@H](C(C)CC)C(=O)N[C@H](C(C)C)C(=O)N(C)[C@H](CC(C)C)C(=O)N[C@H](C)C(=O)N[C@H](C)C(=O)N(C)[C@@H](CC(C)C)C(=O)N(C)C(=O)N(C)[C@@H](C(C)C)C(=O)N(C)C(C[C@H](C)C/C=C/C)C(=O)N[C@@H](CC)C(=O)N1C. The first kappa shape index (κ1) is 71.7. The van der Waals surface area contributed by atoms with Crippen molar-refractivity contribution in [3.63, 3.8) is 0 Å². The van der Waals surface area contributed by atoms with Gasteiger partial charge in [-0.3, -0.25) is 52.8 Å². The Morgan fingerprint density at radius 3 is 1.48 bits per heavy atom. The second-order valence-corrected chi connectivity index (χ2v) is 23.5. The molecule has 80 heavy (non-hydrogen) atoms. The second kappa shape index (κ2) is 32.2. The van der Waals surface area contributed by atoms with Gasteiger partial charge in [0.25, 0.3) is 11.8 Å². The molecule has 12 amide bonds. The Kier molecular flexibility index (Phi) is 28.8. The predicted octanol–water partition coefficient (Wildman–Crippen LogP) is 3.99. The number of hydrogen-bond donors (Lipinski definition) is 4. The summed E-state index contributed by atoms with van der Waals surface area (Å²) in [6.45, 7) is 30.1. The molecule has 0 spiro atoms. The van der Waals surface area contributed by atoms with Crippen LogP contribution < -0.4 is 21.3 Å². The van der Waals surface area contributed by atoms with Crippen molar-refractivity contribution in [3.05, 3.63) is 24.4 Å². The molecule has 0 aliphatic carbocycles. The Morgan fingerprint density at radius 1 is 0.500 bits per heavy atom. The number of carbonyl (C=O) groups excluding carboxylic acids is 11. The van der Waals surface area contributed by atoms with Crippen LogP contribution in [0.5, 0.6) is 0 Å². The van der Waals surface area contributed by atoms with Gasteiger partial charge >= 0.3 is 6.03 Å². The lowest BCUT2D eigenvalue weighted by Gasteiger charge is -2.39. The Hall–Kier alpha value is -6.35. The van der Waals surface area contributed by atoms with Gasteiger partial charge in [-0.25, -0.2) is 4.79 Å². The van der Waals surface area contributed by atoms with Gasteiger partial charge in [0.05, 0.1) is 0 Å². The van der Waals surface area contributed by atoms with E-state index in [1.807, 2.05) is 60.6 Å². The molecular formula is C58H101N11O11. The molecule has 1 aliphatic rings. The summed E-state index contributed by atoms with van der Waals surface area (Å²) in [5, 5.41) is 11.0. The number of allylic oxidation sites excluding steroid dienone is 2. The zero-order valence-electron chi connectivity index (χ0n) is 52.4. The lowest BCUT2D eigenvalue weighted by Crippen LogP contribution is -2.61. The Bertz CT molecular complexity index is 2250. The summed E-state index contributed by atoms with van der Waals surface area (Å²) in [7, 11) is 9.59. The minimum Gasteiger partial charge on any atom is -0.343 e. The van der Waals surface area contributed by atoms with Crippen molar-refractivity contribution in [2.75, 3.05) is 49.3 Å². The van der Waals surface area contributed by atoms with Crippen molar-refractivity contribution in [1.29, 1.82) is 0 Å². The summed E-state index contributed by atoms with van der Waals surface area (Å²) >= 11 is 0. The third-order valence-corrected chi connectivity index (χ3v) is 15.3. The van der Waals surface area contributed by atoms with Crippen LogP contribution in [0.3, 0.4) is 0 Å². The van der Waals surface area contributed by atoms with Crippen LogP contribution >= 0.6 is 0 Å². The third-order valence-electron chi connectivity index (χ3n) is 15.3. The normalized spacial score (nSPS) is 26.6. The summed E-state index contributed by atoms with van der Waals surface area (Å²) in [5.74, 6) is -9.02. The smallest absolute Gasteiger partial charge is 0.326 e. The summed E-state index contributed by atoms with van der Waals surface area (Å²) in [6, 6.07) is -11.7. The van der Waals surface area contributed by atoms with E-state index in [4.69, 9.17) is 0 Å². The molecular weight excluding hydrogens is 1030 g/mol. The quantitative estimate of drug-likeness (QED) is 0.152. The number of carbonyl (C=O) groups is 11. The number of rotatable bonds is 13. The van der Waals surface area contributed by atoms with Gasteiger partial charge in [0.1, 0.15) is 60.1 Å². The highest BCUT2D eigenvalue weighted by Gasteiger charge is 2.43. The molecule has 2 unspecified atom stereocenters. The van der Waals surface area contributed by atoms with Crippen molar-refractivity contribution in [1.82, 2.24) is 55.6 Å². The van der Waals surface area contributed by atoms with Crippen molar-refractivity contribution in [3.8, 4) is 0 Å². The average molecular weight is 1130 g/mol. The van der Waals surface area contributed by atoms with E-state index in [0.717, 1.165) is 24.5 Å². The highest BCUT2D eigenvalue weighted by atomic mass is 16.2. The summed E-state index contributed by atoms with van der Waals surface area (Å²) in [4.78, 5) is 166. The van der Waals surface area contributed by atoms with Gasteiger partial charge in [0.2, 0.25) is 47.3 Å². The molecule has 1 fully saturated rings. The zero-order chi connectivity index (χ0) is 62.1. The number of nitrogens with one attached hydrogen (secondary N) is 4. The van der Waals surface area contributed by atoms with E-state index in [-0.39, 0.29) is 49.1 Å². The molecule has 1 aliphatic heterocycles. The van der Waals surface area contributed by atoms with Crippen LogP contribution in [0.4, 0.5) is 4.79 Å². The van der Waals surface area contributed by atoms with Gasteiger partial charge in [-0.2, -0.15) is 0 Å². The fourth-order valence-corrected chi connectivity index (χ4v) is 9.82. The van der Waals surface area contributed by atoms with Gasteiger partial charge in [-0.1, -0.05) is 108 Å². The fraction of sp³-hybridized carbons (Fsp3) is 0.741. The lowest BCUT2D eigenvalue weighted by atomic mass is 9.94. The van der Waals surface area contributed by atoms with Gasteiger partial charge in [-0.05, 0) is 88.4 Å². The van der Waals surface area contributed by atoms with E-state index in [1.165, 1.54) is 73.0 Å². The van der Waals surface area contributed by atoms with Crippen LogP contribution in [-0.4, -0.2) is 203 Å². The zero-order valence-corrected chi connectivity index (χ0v) is 52.4. The number of nitrogens with zero attached hydrogens (tertiary/aromatic N) is 7. The molecule has 1 heterocycles. The van der Waals surface area contributed by atoms with Crippen LogP contribution in [0.1, 0.15) is 142 Å². The Labute approximate surface area is 477 Å². The van der Waals surface area contributed by atoms with E-state index in [1.54, 1.807) is 41.5 Å². The Balaban J connectivity index is 4.22. The molecule has 1 saturated heterocycles. The molecule has 454 valence electrons. The monoisotopic (exact) mass is 1130 g/mol. The number of likely N-dealkylation sites (N-methyl/N-ethyl adjacent to an activating group) is 7. The topological polar surface area (TPSA) is 259 Å². The summed E-state index contributed by atoms with van der Waals surface area (Å²) in [6.07, 6.45) is 5.21. The van der Waals surface area contributed by atoms with Crippen molar-refractivity contribution >= 4 is 65.1 Å². The average Bonchev–Trinajstić information content (AvgIpc) is 3.39. The predicted molar refractivity (Wildman–Crippen MR) is 308 cm³/mol. The highest BCUT2D eigenvalue weighted by molar-refractivity contribution is 6.03. The number of hydrogen-bond acceptors (Lipinski definition) is 11. The largest absolute Gasteiger partial charge is 0.343 e. The van der Waals surface area contributed by atoms with Crippen LogP contribution in [0.25, 0.3) is 0 Å². The first-order valence-electron chi connectivity index (χ1n) is 28.4. The summed E-state index contributed by atoms with van der Waals surface area (Å²) in [5.41, 5.74) is -0.318. The highest BCUT2D eigenvalue weighted by Crippen LogP contribution is 2.24. The van der Waals surface area contributed by atoms with Crippen LogP contribution in [-0.2, 0) is 47.9 Å². The molecule has 0 aromatic carbocycles. The van der Waals surface area contributed by atoms with E-state index in [0.29, 0.717) is 12.8 Å². The molecule has 22 nitrogen and oxygen atoms in total. The molecule has 0 bridgehead atoms. The molecule has 1 rings (SSSR count). The molecule has 22 heteroatoms. The first-order chi connectivity index (χ1) is 37.0. The van der Waals surface area contributed by atoms with Gasteiger partial charge in [0.15, 0.2) is 0 Å². The van der Waals surface area contributed by atoms with Crippen molar-refractivity contribution < 1.29 is 52.7 Å².